The van der Waals surface area contributed by atoms with Crippen LogP contribution in [0, 0.1) is 13.8 Å². The zero-order valence-electron chi connectivity index (χ0n) is 10.7. The van der Waals surface area contributed by atoms with Crippen LogP contribution in [0.5, 0.6) is 0 Å². The lowest BCUT2D eigenvalue weighted by Crippen LogP contribution is -2.09. The molecular weight excluding hydrogens is 286 g/mol. The van der Waals surface area contributed by atoms with E-state index in [1.807, 2.05) is 6.20 Å². The van der Waals surface area contributed by atoms with Gasteiger partial charge < -0.3 is 4.90 Å². The quantitative estimate of drug-likeness (QED) is 0.739. The minimum absolute atomic E-state index is 1.07. The summed E-state index contributed by atoms with van der Waals surface area (Å²) in [5.74, 6) is 0. The molecule has 92 valence electrons. The highest BCUT2D eigenvalue weighted by molar-refractivity contribution is 9.10. The lowest BCUT2D eigenvalue weighted by atomic mass is 10.1. The molecule has 0 fully saturated rings. The number of anilines is 2. The number of rotatable bonds is 3. The van der Waals surface area contributed by atoms with Crippen LogP contribution in [-0.2, 0) is 0 Å². The highest BCUT2D eigenvalue weighted by Crippen LogP contribution is 2.31. The van der Waals surface area contributed by atoms with Crippen molar-refractivity contribution in [2.75, 3.05) is 4.90 Å². The summed E-state index contributed by atoms with van der Waals surface area (Å²) in [6.07, 6.45) is 1.85. The van der Waals surface area contributed by atoms with Crippen molar-refractivity contribution in [3.8, 4) is 0 Å². The third-order valence-corrected chi connectivity index (χ3v) is 3.42. The molecule has 2 heteroatoms. The molecule has 0 unspecified atom stereocenters. The highest BCUT2D eigenvalue weighted by Gasteiger charge is 2.08. The lowest BCUT2D eigenvalue weighted by molar-refractivity contribution is 1.24. The maximum absolute atomic E-state index is 3.92. The molecule has 0 atom stereocenters. The maximum atomic E-state index is 3.92. The first-order chi connectivity index (χ1) is 8.61. The van der Waals surface area contributed by atoms with E-state index in [9.17, 15) is 0 Å². The number of hydrogen-bond donors (Lipinski definition) is 0. The van der Waals surface area contributed by atoms with E-state index in [4.69, 9.17) is 0 Å². The topological polar surface area (TPSA) is 3.24 Å². The van der Waals surface area contributed by atoms with Crippen molar-refractivity contribution >= 4 is 27.3 Å². The van der Waals surface area contributed by atoms with E-state index in [-0.39, 0.29) is 0 Å². The Morgan fingerprint density at radius 1 is 1.06 bits per heavy atom. The summed E-state index contributed by atoms with van der Waals surface area (Å²) < 4.78 is 1.07. The zero-order valence-corrected chi connectivity index (χ0v) is 12.2. The van der Waals surface area contributed by atoms with Gasteiger partial charge in [-0.15, -0.1) is 0 Å². The van der Waals surface area contributed by atoms with Gasteiger partial charge in [-0.2, -0.15) is 0 Å². The Labute approximate surface area is 117 Å². The Morgan fingerprint density at radius 3 is 2.33 bits per heavy atom. The molecule has 0 aromatic heterocycles. The molecule has 0 aliphatic carbocycles. The van der Waals surface area contributed by atoms with E-state index in [1.54, 1.807) is 0 Å². The third-order valence-electron chi connectivity index (χ3n) is 2.93. The monoisotopic (exact) mass is 301 g/mol. The minimum atomic E-state index is 1.07. The highest BCUT2D eigenvalue weighted by atomic mass is 79.9. The molecule has 0 amide bonds. The first-order valence-electron chi connectivity index (χ1n) is 5.86. The van der Waals surface area contributed by atoms with Crippen LogP contribution in [-0.4, -0.2) is 0 Å². The van der Waals surface area contributed by atoms with Crippen LogP contribution in [0.1, 0.15) is 11.1 Å². The van der Waals surface area contributed by atoms with E-state index < -0.39 is 0 Å². The fourth-order valence-corrected chi connectivity index (χ4v) is 2.24. The van der Waals surface area contributed by atoms with Crippen molar-refractivity contribution in [3.63, 3.8) is 0 Å². The second-order valence-corrected chi connectivity index (χ2v) is 5.23. The molecule has 2 aromatic carbocycles. The molecule has 18 heavy (non-hydrogen) atoms. The number of aryl methyl sites for hydroxylation is 2. The van der Waals surface area contributed by atoms with Crippen molar-refractivity contribution in [1.82, 2.24) is 0 Å². The lowest BCUT2D eigenvalue weighted by Gasteiger charge is -2.22. The van der Waals surface area contributed by atoms with Crippen LogP contribution in [0.25, 0.3) is 0 Å². The Hall–Kier alpha value is -1.54. The second kappa shape index (κ2) is 5.40. The van der Waals surface area contributed by atoms with Gasteiger partial charge in [-0.3, -0.25) is 0 Å². The van der Waals surface area contributed by atoms with E-state index in [2.05, 4.69) is 83.7 Å². The summed E-state index contributed by atoms with van der Waals surface area (Å²) in [5.41, 5.74) is 4.74. The second-order valence-electron chi connectivity index (χ2n) is 4.32. The summed E-state index contributed by atoms with van der Waals surface area (Å²) in [6.45, 7) is 8.11. The average molecular weight is 302 g/mol. The largest absolute Gasteiger partial charge is 0.317 e. The molecule has 2 aromatic rings. The first kappa shape index (κ1) is 12.9. The molecule has 0 spiro atoms. The summed E-state index contributed by atoms with van der Waals surface area (Å²) in [4.78, 5) is 2.10. The van der Waals surface area contributed by atoms with Crippen LogP contribution < -0.4 is 4.90 Å². The Balaban J connectivity index is 2.48. The molecular formula is C16H16BrN. The number of benzene rings is 2. The normalized spacial score (nSPS) is 10.2. The van der Waals surface area contributed by atoms with Gasteiger partial charge in [-0.25, -0.2) is 0 Å². The molecule has 0 radical (unpaired) electrons. The van der Waals surface area contributed by atoms with Crippen molar-refractivity contribution < 1.29 is 0 Å². The zero-order chi connectivity index (χ0) is 13.1. The van der Waals surface area contributed by atoms with Crippen LogP contribution in [0.15, 0.2) is 59.7 Å². The van der Waals surface area contributed by atoms with Crippen molar-refractivity contribution in [3.05, 3.63) is 70.8 Å². The van der Waals surface area contributed by atoms with Crippen molar-refractivity contribution in [2.24, 2.45) is 0 Å². The maximum Gasteiger partial charge on any atom is 0.0495 e. The van der Waals surface area contributed by atoms with Gasteiger partial charge in [-0.05, 0) is 43.7 Å². The predicted octanol–water partition coefficient (Wildman–Crippen LogP) is 5.35. The Morgan fingerprint density at radius 2 is 1.72 bits per heavy atom. The number of hydrogen-bond acceptors (Lipinski definition) is 1. The molecule has 1 nitrogen and oxygen atoms in total. The van der Waals surface area contributed by atoms with Crippen molar-refractivity contribution in [2.45, 2.75) is 13.8 Å². The fraction of sp³-hybridized carbons (Fsp3) is 0.125. The van der Waals surface area contributed by atoms with E-state index in [0.717, 1.165) is 15.8 Å². The fourth-order valence-electron chi connectivity index (χ4n) is 1.89. The van der Waals surface area contributed by atoms with E-state index in [0.29, 0.717) is 0 Å². The third kappa shape index (κ3) is 2.65. The molecule has 0 saturated carbocycles. The van der Waals surface area contributed by atoms with Gasteiger partial charge in [0.1, 0.15) is 0 Å². The molecule has 2 rings (SSSR count). The van der Waals surface area contributed by atoms with Crippen LogP contribution >= 0.6 is 15.9 Å². The molecule has 0 aliphatic rings. The van der Waals surface area contributed by atoms with E-state index in [1.165, 1.54) is 11.1 Å². The summed E-state index contributed by atoms with van der Waals surface area (Å²) >= 11 is 3.52. The first-order valence-corrected chi connectivity index (χ1v) is 6.66. The van der Waals surface area contributed by atoms with Gasteiger partial charge >= 0.3 is 0 Å². The van der Waals surface area contributed by atoms with Crippen LogP contribution in [0.3, 0.4) is 0 Å². The number of halogens is 1. The van der Waals surface area contributed by atoms with Gasteiger partial charge in [0.2, 0.25) is 0 Å². The molecule has 0 heterocycles. The van der Waals surface area contributed by atoms with Crippen LogP contribution in [0.2, 0.25) is 0 Å². The standard InChI is InChI=1S/C16H16BrN/c1-4-18(15-9-5-12(2)6-10-15)16-11-14(17)8-7-13(16)3/h4-11H,1H2,2-3H3. The van der Waals surface area contributed by atoms with Gasteiger partial charge in [-0.1, -0.05) is 46.3 Å². The molecule has 0 N–H and O–H groups in total. The van der Waals surface area contributed by atoms with Gasteiger partial charge in [0.25, 0.3) is 0 Å². The number of nitrogens with zero attached hydrogens (tertiary/aromatic N) is 1. The summed E-state index contributed by atoms with van der Waals surface area (Å²) in [5, 5.41) is 0. The summed E-state index contributed by atoms with van der Waals surface area (Å²) in [7, 11) is 0. The molecule has 0 bridgehead atoms. The van der Waals surface area contributed by atoms with Crippen LogP contribution in [0.4, 0.5) is 11.4 Å². The molecule has 0 saturated heterocycles. The van der Waals surface area contributed by atoms with E-state index >= 15 is 0 Å². The average Bonchev–Trinajstić information content (AvgIpc) is 2.37. The Bertz CT molecular complexity index is 558. The SMILES string of the molecule is C=CN(c1ccc(C)cc1)c1cc(Br)ccc1C. The molecule has 0 aliphatic heterocycles. The predicted molar refractivity (Wildman–Crippen MR) is 82.4 cm³/mol. The summed E-state index contributed by atoms with van der Waals surface area (Å²) in [6, 6.07) is 14.7. The van der Waals surface area contributed by atoms with Gasteiger partial charge in [0, 0.05) is 22.0 Å². The smallest absolute Gasteiger partial charge is 0.0495 e. The van der Waals surface area contributed by atoms with Gasteiger partial charge in [0.05, 0.1) is 0 Å². The minimum Gasteiger partial charge on any atom is -0.317 e. The Kier molecular flexibility index (Phi) is 3.87. The van der Waals surface area contributed by atoms with Crippen molar-refractivity contribution in [1.29, 1.82) is 0 Å². The van der Waals surface area contributed by atoms with Gasteiger partial charge in [0.15, 0.2) is 0 Å².